The lowest BCUT2D eigenvalue weighted by molar-refractivity contribution is -0.0987. The largest absolute Gasteiger partial charge is 0.382 e. The molecule has 0 bridgehead atoms. The Morgan fingerprint density at radius 1 is 0.810 bits per heavy atom. The maximum absolute atomic E-state index is 6.05. The van der Waals surface area contributed by atoms with Crippen LogP contribution < -0.4 is 5.73 Å². The van der Waals surface area contributed by atoms with Crippen molar-refractivity contribution in [2.24, 2.45) is 11.1 Å². The average molecular weight is 303 g/mol. The molecule has 0 saturated heterocycles. The minimum absolute atomic E-state index is 0.131. The number of rotatable bonds is 11. The van der Waals surface area contributed by atoms with Gasteiger partial charge in [0.2, 0.25) is 0 Å². The van der Waals surface area contributed by atoms with E-state index in [-0.39, 0.29) is 5.60 Å². The molecule has 0 aromatic carbocycles. The van der Waals surface area contributed by atoms with Crippen molar-refractivity contribution in [1.29, 1.82) is 0 Å². The molecule has 126 valence electrons. The molecule has 1 saturated carbocycles. The van der Waals surface area contributed by atoms with Gasteiger partial charge in [-0.3, -0.25) is 0 Å². The van der Waals surface area contributed by atoms with Gasteiger partial charge in [-0.15, -0.1) is 0 Å². The Balaban J connectivity index is 2.05. The van der Waals surface area contributed by atoms with E-state index in [1.54, 1.807) is 7.11 Å². The highest BCUT2D eigenvalue weighted by Gasteiger charge is 2.38. The number of nitrogens with two attached hydrogens (primary N) is 1. The summed E-state index contributed by atoms with van der Waals surface area (Å²) in [5, 5.41) is 0. The Labute approximate surface area is 129 Å². The van der Waals surface area contributed by atoms with Crippen molar-refractivity contribution in [3.05, 3.63) is 0 Å². The molecule has 0 atom stereocenters. The van der Waals surface area contributed by atoms with Crippen molar-refractivity contribution in [2.75, 3.05) is 53.3 Å². The fourth-order valence-electron chi connectivity index (χ4n) is 2.57. The van der Waals surface area contributed by atoms with E-state index < -0.39 is 0 Å². The van der Waals surface area contributed by atoms with E-state index in [9.17, 15) is 0 Å². The summed E-state index contributed by atoms with van der Waals surface area (Å²) in [5.74, 6) is 0. The molecule has 1 rings (SSSR count). The van der Waals surface area contributed by atoms with Gasteiger partial charge in [-0.2, -0.15) is 0 Å². The highest BCUT2D eigenvalue weighted by Crippen LogP contribution is 2.41. The van der Waals surface area contributed by atoms with Crippen molar-refractivity contribution in [3.63, 3.8) is 0 Å². The molecule has 0 spiro atoms. The van der Waals surface area contributed by atoms with Crippen molar-refractivity contribution >= 4 is 0 Å². The number of methoxy groups -OCH3 is 1. The Bertz CT molecular complexity index is 261. The van der Waals surface area contributed by atoms with Gasteiger partial charge in [-0.25, -0.2) is 0 Å². The lowest BCUT2D eigenvalue weighted by atomic mass is 9.71. The molecule has 21 heavy (non-hydrogen) atoms. The van der Waals surface area contributed by atoms with Crippen molar-refractivity contribution in [3.8, 4) is 0 Å². The molecular formula is C16H33NO4. The summed E-state index contributed by atoms with van der Waals surface area (Å²) in [5.41, 5.74) is 6.24. The molecule has 0 aliphatic heterocycles. The summed E-state index contributed by atoms with van der Waals surface area (Å²) in [4.78, 5) is 0. The highest BCUT2D eigenvalue weighted by molar-refractivity contribution is 4.91. The quantitative estimate of drug-likeness (QED) is 0.591. The molecule has 1 aliphatic rings. The monoisotopic (exact) mass is 303 g/mol. The van der Waals surface area contributed by atoms with Gasteiger partial charge in [0.25, 0.3) is 0 Å². The lowest BCUT2D eigenvalue weighted by Crippen LogP contribution is -2.46. The molecule has 2 N–H and O–H groups in total. The summed E-state index contributed by atoms with van der Waals surface area (Å²) in [7, 11) is 1.66. The van der Waals surface area contributed by atoms with E-state index in [1.807, 2.05) is 0 Å². The van der Waals surface area contributed by atoms with E-state index in [0.717, 1.165) is 12.8 Å². The Morgan fingerprint density at radius 2 is 1.33 bits per heavy atom. The van der Waals surface area contributed by atoms with E-state index in [4.69, 9.17) is 24.7 Å². The van der Waals surface area contributed by atoms with Gasteiger partial charge in [0, 0.05) is 13.7 Å². The maximum atomic E-state index is 6.05. The molecule has 1 fully saturated rings. The predicted octanol–water partition coefficient (Wildman–Crippen LogP) is 1.98. The van der Waals surface area contributed by atoms with Crippen LogP contribution in [0.4, 0.5) is 0 Å². The SMILES string of the molecule is COCCOCCOCCOC1(CN)CCC(C)(C)CC1. The molecule has 0 aromatic rings. The molecule has 5 nitrogen and oxygen atoms in total. The number of hydrogen-bond donors (Lipinski definition) is 1. The standard InChI is InChI=1S/C16H33NO4/c1-15(2)4-6-16(14-17,7-5-15)21-13-12-20-11-10-19-9-8-18-3/h4-14,17H2,1-3H3. The number of ether oxygens (including phenoxy) is 4. The van der Waals surface area contributed by atoms with Crippen LogP contribution in [-0.2, 0) is 18.9 Å². The van der Waals surface area contributed by atoms with Crippen LogP contribution >= 0.6 is 0 Å². The summed E-state index contributed by atoms with van der Waals surface area (Å²) >= 11 is 0. The third-order valence-corrected chi connectivity index (χ3v) is 4.33. The first-order valence-electron chi connectivity index (χ1n) is 8.02. The molecule has 5 heteroatoms. The Kier molecular flexibility index (Phi) is 8.74. The zero-order chi connectivity index (χ0) is 15.6. The highest BCUT2D eigenvalue weighted by atomic mass is 16.6. The minimum Gasteiger partial charge on any atom is -0.382 e. The second-order valence-electron chi connectivity index (χ2n) is 6.62. The summed E-state index contributed by atoms with van der Waals surface area (Å²) in [6.45, 7) is 8.87. The minimum atomic E-state index is -0.131. The van der Waals surface area contributed by atoms with Gasteiger partial charge >= 0.3 is 0 Å². The van der Waals surface area contributed by atoms with Crippen LogP contribution in [0.2, 0.25) is 0 Å². The third-order valence-electron chi connectivity index (χ3n) is 4.33. The van der Waals surface area contributed by atoms with Crippen LogP contribution in [0.25, 0.3) is 0 Å². The summed E-state index contributed by atoms with van der Waals surface area (Å²) < 4.78 is 21.8. The third kappa shape index (κ3) is 7.56. The van der Waals surface area contributed by atoms with Gasteiger partial charge < -0.3 is 24.7 Å². The molecule has 0 heterocycles. The Hall–Kier alpha value is -0.200. The number of hydrogen-bond acceptors (Lipinski definition) is 5. The van der Waals surface area contributed by atoms with E-state index in [0.29, 0.717) is 51.6 Å². The maximum Gasteiger partial charge on any atom is 0.0805 e. The predicted molar refractivity (Wildman–Crippen MR) is 83.5 cm³/mol. The molecule has 0 amide bonds. The normalized spacial score (nSPS) is 20.6. The molecule has 0 unspecified atom stereocenters. The van der Waals surface area contributed by atoms with Crippen molar-refractivity contribution in [2.45, 2.75) is 45.1 Å². The van der Waals surface area contributed by atoms with Crippen molar-refractivity contribution < 1.29 is 18.9 Å². The zero-order valence-corrected chi connectivity index (χ0v) is 14.0. The molecule has 0 aromatic heterocycles. The van der Waals surface area contributed by atoms with Crippen LogP contribution in [0.3, 0.4) is 0 Å². The average Bonchev–Trinajstić information content (AvgIpc) is 2.48. The Morgan fingerprint density at radius 3 is 1.86 bits per heavy atom. The van der Waals surface area contributed by atoms with E-state index in [2.05, 4.69) is 13.8 Å². The van der Waals surface area contributed by atoms with Crippen LogP contribution in [0.15, 0.2) is 0 Å². The van der Waals surface area contributed by atoms with E-state index in [1.165, 1.54) is 12.8 Å². The zero-order valence-electron chi connectivity index (χ0n) is 14.0. The second kappa shape index (κ2) is 9.74. The molecule has 0 radical (unpaired) electrons. The first-order valence-corrected chi connectivity index (χ1v) is 8.02. The first kappa shape index (κ1) is 18.8. The van der Waals surface area contributed by atoms with Crippen LogP contribution in [0.1, 0.15) is 39.5 Å². The first-order chi connectivity index (χ1) is 10.0. The summed E-state index contributed by atoms with van der Waals surface area (Å²) in [6, 6.07) is 0. The topological polar surface area (TPSA) is 62.9 Å². The van der Waals surface area contributed by atoms with Crippen LogP contribution in [0, 0.1) is 5.41 Å². The fraction of sp³-hybridized carbons (Fsp3) is 1.00. The van der Waals surface area contributed by atoms with Gasteiger partial charge in [-0.05, 0) is 31.1 Å². The summed E-state index contributed by atoms with van der Waals surface area (Å²) in [6.07, 6.45) is 4.46. The fourth-order valence-corrected chi connectivity index (χ4v) is 2.57. The second-order valence-corrected chi connectivity index (χ2v) is 6.62. The molecule has 1 aliphatic carbocycles. The van der Waals surface area contributed by atoms with E-state index >= 15 is 0 Å². The van der Waals surface area contributed by atoms with Gasteiger partial charge in [0.15, 0.2) is 0 Å². The molecular weight excluding hydrogens is 270 g/mol. The van der Waals surface area contributed by atoms with Gasteiger partial charge in [0.05, 0.1) is 45.2 Å². The van der Waals surface area contributed by atoms with Gasteiger partial charge in [-0.1, -0.05) is 13.8 Å². The van der Waals surface area contributed by atoms with Crippen molar-refractivity contribution in [1.82, 2.24) is 0 Å². The lowest BCUT2D eigenvalue weighted by Gasteiger charge is -2.42. The smallest absolute Gasteiger partial charge is 0.0805 e. The van der Waals surface area contributed by atoms with Gasteiger partial charge in [0.1, 0.15) is 0 Å². The van der Waals surface area contributed by atoms with Crippen LogP contribution in [-0.4, -0.2) is 58.9 Å². The van der Waals surface area contributed by atoms with Crippen LogP contribution in [0.5, 0.6) is 0 Å².